The van der Waals surface area contributed by atoms with Crippen LogP contribution in [0.1, 0.15) is 0 Å². The highest BCUT2D eigenvalue weighted by atomic mass is 16.6. The van der Waals surface area contributed by atoms with E-state index in [4.69, 9.17) is 4.74 Å². The van der Waals surface area contributed by atoms with Crippen molar-refractivity contribution < 1.29 is 14.5 Å². The quantitative estimate of drug-likeness (QED) is 0.529. The first-order valence-electron chi connectivity index (χ1n) is 7.52. The maximum Gasteiger partial charge on any atom is 0.273 e. The van der Waals surface area contributed by atoms with E-state index in [-0.39, 0.29) is 18.0 Å². The molecule has 26 heavy (non-hydrogen) atoms. The minimum absolute atomic E-state index is 0.134. The molecule has 0 saturated carbocycles. The van der Waals surface area contributed by atoms with Gasteiger partial charge in [0.2, 0.25) is 11.7 Å². The van der Waals surface area contributed by atoms with Gasteiger partial charge in [0.1, 0.15) is 12.3 Å². The van der Waals surface area contributed by atoms with Gasteiger partial charge in [-0.25, -0.2) is 0 Å². The molecule has 1 amide bonds. The van der Waals surface area contributed by atoms with Crippen LogP contribution in [0, 0.1) is 10.1 Å². The summed E-state index contributed by atoms with van der Waals surface area (Å²) in [6, 6.07) is 13.2. The average molecular weight is 354 g/mol. The number of carbonyl (C=O) groups excluding carboxylic acids is 1. The minimum Gasteiger partial charge on any atom is -0.494 e. The third kappa shape index (κ3) is 3.80. The van der Waals surface area contributed by atoms with Crippen molar-refractivity contribution in [3.8, 4) is 17.1 Å². The molecular formula is C16H14N6O4. The summed E-state index contributed by atoms with van der Waals surface area (Å²) in [5.74, 6) is 0.171. The van der Waals surface area contributed by atoms with Crippen LogP contribution in [0.5, 0.6) is 5.75 Å². The van der Waals surface area contributed by atoms with Crippen LogP contribution in [-0.4, -0.2) is 38.1 Å². The third-order valence-corrected chi connectivity index (χ3v) is 3.44. The van der Waals surface area contributed by atoms with E-state index in [9.17, 15) is 14.9 Å². The number of nitro groups is 1. The normalized spacial score (nSPS) is 10.3. The third-order valence-electron chi connectivity index (χ3n) is 3.44. The predicted octanol–water partition coefficient (Wildman–Crippen LogP) is 1.90. The van der Waals surface area contributed by atoms with Crippen molar-refractivity contribution in [3.05, 3.63) is 58.6 Å². The Morgan fingerprint density at radius 1 is 1.27 bits per heavy atom. The van der Waals surface area contributed by atoms with Gasteiger partial charge in [0.15, 0.2) is 0 Å². The van der Waals surface area contributed by atoms with Crippen molar-refractivity contribution in [2.75, 3.05) is 12.4 Å². The summed E-state index contributed by atoms with van der Waals surface area (Å²) in [4.78, 5) is 23.6. The number of nitro benzene ring substituents is 1. The molecule has 1 aromatic heterocycles. The Hall–Kier alpha value is -3.82. The lowest BCUT2D eigenvalue weighted by Crippen LogP contribution is -2.20. The number of hydrogen-bond acceptors (Lipinski definition) is 7. The number of anilines is 1. The number of aromatic nitrogens is 4. The molecular weight excluding hydrogens is 340 g/mol. The molecule has 0 atom stereocenters. The summed E-state index contributed by atoms with van der Waals surface area (Å²) in [5, 5.41) is 25.3. The minimum atomic E-state index is -0.543. The van der Waals surface area contributed by atoms with Crippen molar-refractivity contribution in [3.63, 3.8) is 0 Å². The zero-order valence-electron chi connectivity index (χ0n) is 13.7. The number of tetrazole rings is 1. The number of ether oxygens (including phenoxy) is 1. The Balaban J connectivity index is 1.70. The van der Waals surface area contributed by atoms with Crippen LogP contribution in [0.15, 0.2) is 48.5 Å². The number of amides is 1. The van der Waals surface area contributed by atoms with Gasteiger partial charge in [0.25, 0.3) is 5.69 Å². The van der Waals surface area contributed by atoms with Crippen LogP contribution in [0.3, 0.4) is 0 Å². The summed E-state index contributed by atoms with van der Waals surface area (Å²) in [5.41, 5.74) is 0.966. The van der Waals surface area contributed by atoms with Crippen LogP contribution < -0.4 is 10.1 Å². The molecule has 3 aromatic rings. The molecule has 0 aliphatic heterocycles. The van der Waals surface area contributed by atoms with Crippen LogP contribution in [-0.2, 0) is 11.3 Å². The number of hydrogen-bond donors (Lipinski definition) is 1. The van der Waals surface area contributed by atoms with E-state index in [1.807, 2.05) is 30.3 Å². The topological polar surface area (TPSA) is 125 Å². The molecule has 0 bridgehead atoms. The fourth-order valence-corrected chi connectivity index (χ4v) is 2.23. The molecule has 3 rings (SSSR count). The molecule has 1 N–H and O–H groups in total. The molecule has 0 aliphatic rings. The van der Waals surface area contributed by atoms with Gasteiger partial charge >= 0.3 is 0 Å². The van der Waals surface area contributed by atoms with Gasteiger partial charge in [-0.3, -0.25) is 14.9 Å². The van der Waals surface area contributed by atoms with E-state index >= 15 is 0 Å². The van der Waals surface area contributed by atoms with Gasteiger partial charge in [-0.15, -0.1) is 10.2 Å². The van der Waals surface area contributed by atoms with Crippen molar-refractivity contribution in [2.24, 2.45) is 0 Å². The van der Waals surface area contributed by atoms with Crippen LogP contribution >= 0.6 is 0 Å². The molecule has 10 nitrogen and oxygen atoms in total. The lowest BCUT2D eigenvalue weighted by atomic mass is 10.2. The van der Waals surface area contributed by atoms with E-state index in [2.05, 4.69) is 20.7 Å². The van der Waals surface area contributed by atoms with E-state index in [0.717, 1.165) is 10.4 Å². The molecule has 0 unspecified atom stereocenters. The number of benzene rings is 2. The molecule has 132 valence electrons. The molecule has 1 heterocycles. The molecule has 2 aromatic carbocycles. The van der Waals surface area contributed by atoms with Gasteiger partial charge < -0.3 is 10.1 Å². The van der Waals surface area contributed by atoms with Gasteiger partial charge in [-0.2, -0.15) is 4.80 Å². The Morgan fingerprint density at radius 3 is 2.73 bits per heavy atom. The van der Waals surface area contributed by atoms with Gasteiger partial charge in [0, 0.05) is 11.6 Å². The van der Waals surface area contributed by atoms with Gasteiger partial charge in [-0.05, 0) is 11.3 Å². The smallest absolute Gasteiger partial charge is 0.273 e. The summed E-state index contributed by atoms with van der Waals surface area (Å²) in [6.07, 6.45) is 0. The highest BCUT2D eigenvalue weighted by Crippen LogP contribution is 2.28. The van der Waals surface area contributed by atoms with E-state index < -0.39 is 10.8 Å². The highest BCUT2D eigenvalue weighted by molar-refractivity contribution is 5.92. The van der Waals surface area contributed by atoms with Crippen LogP contribution in [0.25, 0.3) is 11.4 Å². The number of carbonyl (C=O) groups is 1. The average Bonchev–Trinajstić information content (AvgIpc) is 3.11. The zero-order valence-corrected chi connectivity index (χ0v) is 13.7. The number of methoxy groups -OCH3 is 1. The summed E-state index contributed by atoms with van der Waals surface area (Å²) in [6.45, 7) is -0.167. The molecule has 0 saturated heterocycles. The molecule has 0 aliphatic carbocycles. The Morgan fingerprint density at radius 2 is 2.04 bits per heavy atom. The van der Waals surface area contributed by atoms with E-state index in [1.165, 1.54) is 25.3 Å². The second-order valence-corrected chi connectivity index (χ2v) is 5.20. The molecule has 0 spiro atoms. The first-order chi connectivity index (χ1) is 12.6. The number of nitrogens with zero attached hydrogens (tertiary/aromatic N) is 5. The van der Waals surface area contributed by atoms with Gasteiger partial charge in [-0.1, -0.05) is 30.3 Å². The standard InChI is InChI=1S/C16H14N6O4/c1-26-14-9-12(22(24)25)7-8-13(14)17-15(23)10-21-19-16(18-20-21)11-5-3-2-4-6-11/h2-9H,10H2,1H3,(H,17,23). The highest BCUT2D eigenvalue weighted by Gasteiger charge is 2.15. The maximum atomic E-state index is 12.2. The Labute approximate surface area is 147 Å². The van der Waals surface area contributed by atoms with Crippen LogP contribution in [0.2, 0.25) is 0 Å². The van der Waals surface area contributed by atoms with Gasteiger partial charge in [0.05, 0.1) is 23.8 Å². The van der Waals surface area contributed by atoms with Crippen molar-refractivity contribution in [1.29, 1.82) is 0 Å². The Bertz CT molecular complexity index is 941. The first kappa shape index (κ1) is 17.0. The zero-order chi connectivity index (χ0) is 18.5. The second-order valence-electron chi connectivity index (χ2n) is 5.20. The summed E-state index contributed by atoms with van der Waals surface area (Å²) >= 11 is 0. The maximum absolute atomic E-state index is 12.2. The molecule has 0 fully saturated rings. The molecule has 0 radical (unpaired) electrons. The lowest BCUT2D eigenvalue weighted by molar-refractivity contribution is -0.384. The largest absolute Gasteiger partial charge is 0.494 e. The number of non-ortho nitro benzene ring substituents is 1. The van der Waals surface area contributed by atoms with Crippen molar-refractivity contribution in [1.82, 2.24) is 20.2 Å². The van der Waals surface area contributed by atoms with Crippen LogP contribution in [0.4, 0.5) is 11.4 Å². The fraction of sp³-hybridized carbons (Fsp3) is 0.125. The number of nitrogens with one attached hydrogen (secondary N) is 1. The van der Waals surface area contributed by atoms with E-state index in [1.54, 1.807) is 0 Å². The molecule has 10 heteroatoms. The fourth-order valence-electron chi connectivity index (χ4n) is 2.23. The van der Waals surface area contributed by atoms with Crippen molar-refractivity contribution >= 4 is 17.3 Å². The second kappa shape index (κ2) is 7.38. The van der Waals surface area contributed by atoms with Crippen molar-refractivity contribution in [2.45, 2.75) is 6.54 Å². The monoisotopic (exact) mass is 354 g/mol. The SMILES string of the molecule is COc1cc([N+](=O)[O-])ccc1NC(=O)Cn1nnc(-c2ccccc2)n1. The predicted molar refractivity (Wildman–Crippen MR) is 91.5 cm³/mol. The Kier molecular flexibility index (Phi) is 4.83. The lowest BCUT2D eigenvalue weighted by Gasteiger charge is -2.09. The summed E-state index contributed by atoms with van der Waals surface area (Å²) in [7, 11) is 1.36. The summed E-state index contributed by atoms with van der Waals surface area (Å²) < 4.78 is 5.08. The first-order valence-corrected chi connectivity index (χ1v) is 7.52. The van der Waals surface area contributed by atoms with E-state index in [0.29, 0.717) is 11.5 Å². The number of rotatable bonds is 6.